The number of fused-ring (bicyclic) bond motifs is 2. The molecule has 0 bridgehead atoms. The molecular formula is C23H24Cl2Zr-2. The molecule has 0 saturated heterocycles. The van der Waals surface area contributed by atoms with Crippen molar-refractivity contribution in [2.75, 3.05) is 0 Å². The van der Waals surface area contributed by atoms with Crippen LogP contribution in [0.3, 0.4) is 0 Å². The molecule has 0 N–H and O–H groups in total. The minimum Gasteiger partial charge on any atom is -1.00 e. The van der Waals surface area contributed by atoms with Gasteiger partial charge in [0.1, 0.15) is 0 Å². The first-order chi connectivity index (χ1) is 11.8. The summed E-state index contributed by atoms with van der Waals surface area (Å²) in [6, 6.07) is 12.9. The van der Waals surface area contributed by atoms with Crippen molar-refractivity contribution < 1.29 is 49.0 Å². The summed E-state index contributed by atoms with van der Waals surface area (Å²) in [5, 5.41) is 0. The SMILES string of the molecule is CC1C=CC=Cc2[cH-]ccc21.CC1C=CC=Cc2[cH-]ccc21.[CH2]=[Zr+2].[Cl-].[Cl-]. The zero-order valence-corrected chi connectivity index (χ0v) is 19.2. The van der Waals surface area contributed by atoms with E-state index in [4.69, 9.17) is 0 Å². The Morgan fingerprint density at radius 1 is 0.731 bits per heavy atom. The summed E-state index contributed by atoms with van der Waals surface area (Å²) in [7, 11) is 0. The fourth-order valence-corrected chi connectivity index (χ4v) is 3.02. The van der Waals surface area contributed by atoms with Crippen LogP contribution in [0.1, 0.15) is 47.9 Å². The molecule has 2 aromatic carbocycles. The number of rotatable bonds is 0. The minimum absolute atomic E-state index is 0. The molecule has 0 amide bonds. The Labute approximate surface area is 185 Å². The molecule has 0 radical (unpaired) electrons. The molecule has 2 aliphatic rings. The van der Waals surface area contributed by atoms with Gasteiger partial charge in [-0.3, -0.25) is 0 Å². The summed E-state index contributed by atoms with van der Waals surface area (Å²) < 4.78 is 3.34. The van der Waals surface area contributed by atoms with Crippen LogP contribution in [0.25, 0.3) is 12.2 Å². The Hall–Kier alpha value is -1.01. The second kappa shape index (κ2) is 13.2. The van der Waals surface area contributed by atoms with E-state index in [0.717, 1.165) is 0 Å². The molecule has 26 heavy (non-hydrogen) atoms. The molecule has 0 heterocycles. The predicted molar refractivity (Wildman–Crippen MR) is 104 cm³/mol. The maximum Gasteiger partial charge on any atom is -1.00 e. The standard InChI is InChI=1S/2C11H11.CH2.2ClH.Zr/c2*1-9-5-2-3-6-10-7-4-8-11(9)10;;;;/h2*2-9H,1H3;1H2;2*1H;/q2*-1;;;;+2/p-2. The van der Waals surface area contributed by atoms with E-state index in [9.17, 15) is 0 Å². The van der Waals surface area contributed by atoms with E-state index >= 15 is 0 Å². The summed E-state index contributed by atoms with van der Waals surface area (Å²) in [5.41, 5.74) is 5.61. The van der Waals surface area contributed by atoms with Crippen molar-refractivity contribution >= 4 is 16.4 Å². The molecule has 2 aliphatic carbocycles. The van der Waals surface area contributed by atoms with Crippen LogP contribution in [0.2, 0.25) is 0 Å². The third-order valence-corrected chi connectivity index (χ3v) is 4.32. The summed E-state index contributed by atoms with van der Waals surface area (Å²) in [6.07, 6.45) is 17.2. The van der Waals surface area contributed by atoms with E-state index in [1.165, 1.54) is 46.5 Å². The van der Waals surface area contributed by atoms with Crippen molar-refractivity contribution in [1.29, 1.82) is 0 Å². The van der Waals surface area contributed by atoms with Gasteiger partial charge in [-0.05, 0) is 11.8 Å². The van der Waals surface area contributed by atoms with Gasteiger partial charge in [0.25, 0.3) is 0 Å². The van der Waals surface area contributed by atoms with Crippen LogP contribution < -0.4 is 24.8 Å². The number of halogens is 2. The van der Waals surface area contributed by atoms with Gasteiger partial charge in [0.05, 0.1) is 0 Å². The van der Waals surface area contributed by atoms with Crippen LogP contribution in [0.4, 0.5) is 0 Å². The van der Waals surface area contributed by atoms with Gasteiger partial charge in [-0.2, -0.15) is 46.5 Å². The van der Waals surface area contributed by atoms with Crippen molar-refractivity contribution in [3.63, 3.8) is 0 Å². The van der Waals surface area contributed by atoms with Crippen LogP contribution >= 0.6 is 0 Å². The molecule has 4 rings (SSSR count). The third-order valence-electron chi connectivity index (χ3n) is 4.32. The van der Waals surface area contributed by atoms with Gasteiger partial charge < -0.3 is 24.8 Å². The maximum atomic E-state index is 3.34. The normalized spacial score (nSPS) is 18.3. The van der Waals surface area contributed by atoms with Crippen molar-refractivity contribution in [2.24, 2.45) is 0 Å². The summed E-state index contributed by atoms with van der Waals surface area (Å²) in [4.78, 5) is 0. The molecular weight excluding hydrogens is 438 g/mol. The molecule has 2 unspecified atom stereocenters. The largest absolute Gasteiger partial charge is 1.00 e. The zero-order chi connectivity index (χ0) is 17.4. The Balaban J connectivity index is 0.000000410. The second-order valence-corrected chi connectivity index (χ2v) is 5.94. The summed E-state index contributed by atoms with van der Waals surface area (Å²) >= 11 is 1.30. The van der Waals surface area contributed by atoms with E-state index in [2.05, 4.69) is 103 Å². The Morgan fingerprint density at radius 2 is 1.12 bits per heavy atom. The van der Waals surface area contributed by atoms with Gasteiger partial charge in [-0.15, -0.1) is 36.4 Å². The van der Waals surface area contributed by atoms with Gasteiger partial charge in [-0.25, -0.2) is 0 Å². The van der Waals surface area contributed by atoms with Gasteiger partial charge in [0.2, 0.25) is 0 Å². The van der Waals surface area contributed by atoms with Gasteiger partial charge in [0, 0.05) is 0 Å². The quantitative estimate of drug-likeness (QED) is 0.490. The van der Waals surface area contributed by atoms with E-state index in [1.807, 2.05) is 0 Å². The monoisotopic (exact) mass is 460 g/mol. The topological polar surface area (TPSA) is 0 Å². The molecule has 0 spiro atoms. The second-order valence-electron chi connectivity index (χ2n) is 5.94. The number of hydrogen-bond donors (Lipinski definition) is 0. The van der Waals surface area contributed by atoms with E-state index in [0.29, 0.717) is 11.8 Å². The molecule has 0 aromatic heterocycles. The molecule has 0 nitrogen and oxygen atoms in total. The van der Waals surface area contributed by atoms with E-state index < -0.39 is 0 Å². The van der Waals surface area contributed by atoms with Crippen molar-refractivity contribution in [2.45, 2.75) is 25.7 Å². The molecule has 0 fully saturated rings. The third kappa shape index (κ3) is 6.62. The van der Waals surface area contributed by atoms with Gasteiger partial charge in [-0.1, -0.05) is 38.2 Å². The van der Waals surface area contributed by atoms with Crippen molar-refractivity contribution in [3.8, 4) is 0 Å². The summed E-state index contributed by atoms with van der Waals surface area (Å²) in [5.74, 6) is 1.13. The number of hydrogen-bond acceptors (Lipinski definition) is 0. The fourth-order valence-electron chi connectivity index (χ4n) is 3.02. The van der Waals surface area contributed by atoms with Crippen LogP contribution in [0, 0.1) is 0 Å². The minimum atomic E-state index is 0. The predicted octanol–water partition coefficient (Wildman–Crippen LogP) is 0.157. The molecule has 0 aliphatic heterocycles. The molecule has 136 valence electrons. The first kappa shape index (κ1) is 25.0. The van der Waals surface area contributed by atoms with Crippen molar-refractivity contribution in [1.82, 2.24) is 0 Å². The Morgan fingerprint density at radius 3 is 1.50 bits per heavy atom. The first-order valence-corrected chi connectivity index (χ1v) is 10.1. The number of allylic oxidation sites excluding steroid dienone is 6. The van der Waals surface area contributed by atoms with Crippen LogP contribution in [0.5, 0.6) is 0 Å². The van der Waals surface area contributed by atoms with Gasteiger partial charge >= 0.3 is 28.4 Å². The smallest absolute Gasteiger partial charge is 1.00 e. The van der Waals surface area contributed by atoms with Crippen molar-refractivity contribution in [3.05, 3.63) is 95.1 Å². The fraction of sp³-hybridized carbons (Fsp3) is 0.174. The molecule has 2 atom stereocenters. The molecule has 2 aromatic rings. The van der Waals surface area contributed by atoms with Crippen LogP contribution in [-0.4, -0.2) is 4.21 Å². The van der Waals surface area contributed by atoms with E-state index in [-0.39, 0.29) is 24.8 Å². The first-order valence-electron chi connectivity index (χ1n) is 8.32. The van der Waals surface area contributed by atoms with E-state index in [1.54, 1.807) is 0 Å². The Kier molecular flexibility index (Phi) is 12.7. The molecule has 0 saturated carbocycles. The van der Waals surface area contributed by atoms with Crippen LogP contribution in [0.15, 0.2) is 72.9 Å². The average Bonchev–Trinajstić information content (AvgIpc) is 3.20. The maximum absolute atomic E-state index is 3.34. The van der Waals surface area contributed by atoms with Crippen LogP contribution in [-0.2, 0) is 24.2 Å². The van der Waals surface area contributed by atoms with Gasteiger partial charge in [0.15, 0.2) is 0 Å². The average molecular weight is 463 g/mol. The summed E-state index contributed by atoms with van der Waals surface area (Å²) in [6.45, 7) is 4.45. The zero-order valence-electron chi connectivity index (χ0n) is 15.2. The molecule has 3 heteroatoms. The Bertz CT molecular complexity index is 695.